The van der Waals surface area contributed by atoms with Crippen LogP contribution in [0.15, 0.2) is 65.8 Å². The number of hydrogen-bond donors (Lipinski definition) is 1. The molecule has 7 nitrogen and oxygen atoms in total. The molecule has 1 aliphatic carbocycles. The van der Waals surface area contributed by atoms with Gasteiger partial charge < -0.3 is 14.6 Å². The third-order valence-corrected chi connectivity index (χ3v) is 6.28. The lowest BCUT2D eigenvalue weighted by molar-refractivity contribution is -0.150. The van der Waals surface area contributed by atoms with Gasteiger partial charge in [0.25, 0.3) is 5.56 Å². The summed E-state index contributed by atoms with van der Waals surface area (Å²) in [6.07, 6.45) is 3.28. The minimum absolute atomic E-state index is 0.0246. The number of rotatable bonds is 6. The van der Waals surface area contributed by atoms with Gasteiger partial charge in [-0.2, -0.15) is 5.10 Å². The van der Waals surface area contributed by atoms with E-state index >= 15 is 0 Å². The van der Waals surface area contributed by atoms with Crippen LogP contribution in [0.5, 0.6) is 11.5 Å². The van der Waals surface area contributed by atoms with E-state index in [9.17, 15) is 14.3 Å². The second-order valence-electron chi connectivity index (χ2n) is 8.99. The molecule has 34 heavy (non-hydrogen) atoms. The topological polar surface area (TPSA) is 78.0 Å². The van der Waals surface area contributed by atoms with E-state index in [4.69, 9.17) is 21.1 Å². The van der Waals surface area contributed by atoms with Crippen molar-refractivity contribution in [2.75, 3.05) is 13.7 Å². The van der Waals surface area contributed by atoms with E-state index in [-0.39, 0.29) is 25.0 Å². The molecule has 176 valence electrons. The van der Waals surface area contributed by atoms with E-state index in [0.717, 1.165) is 11.1 Å². The van der Waals surface area contributed by atoms with Crippen molar-refractivity contribution in [2.24, 2.45) is 0 Å². The zero-order valence-electron chi connectivity index (χ0n) is 18.7. The Bertz CT molecular complexity index is 1420. The van der Waals surface area contributed by atoms with Crippen molar-refractivity contribution in [3.8, 4) is 28.3 Å². The average molecular weight is 484 g/mol. The van der Waals surface area contributed by atoms with Gasteiger partial charge in [-0.05, 0) is 42.8 Å². The van der Waals surface area contributed by atoms with Crippen molar-refractivity contribution in [1.29, 1.82) is 0 Å². The number of nitrogens with zero attached hydrogens (tertiary/aromatic N) is 3. The molecule has 0 saturated heterocycles. The van der Waals surface area contributed by atoms with Gasteiger partial charge in [0.1, 0.15) is 29.7 Å². The molecule has 2 aromatic carbocycles. The van der Waals surface area contributed by atoms with Gasteiger partial charge in [0.2, 0.25) is 0 Å². The number of aromatic nitrogens is 3. The number of alkyl halides is 1. The molecule has 1 N–H and O–H groups in total. The molecule has 0 atom stereocenters. The van der Waals surface area contributed by atoms with E-state index in [1.54, 1.807) is 42.6 Å². The molecule has 1 aliphatic rings. The highest BCUT2D eigenvalue weighted by molar-refractivity contribution is 6.30. The van der Waals surface area contributed by atoms with Crippen LogP contribution in [0.25, 0.3) is 22.3 Å². The highest BCUT2D eigenvalue weighted by Crippen LogP contribution is 2.44. The summed E-state index contributed by atoms with van der Waals surface area (Å²) < 4.78 is 27.9. The molecule has 0 radical (unpaired) electrons. The van der Waals surface area contributed by atoms with Crippen molar-refractivity contribution >= 4 is 17.1 Å². The maximum Gasteiger partial charge on any atom is 0.282 e. The van der Waals surface area contributed by atoms with Crippen molar-refractivity contribution in [3.05, 3.63) is 76.4 Å². The average Bonchev–Trinajstić information content (AvgIpc) is 3.22. The summed E-state index contributed by atoms with van der Waals surface area (Å²) in [7, 11) is 1.48. The van der Waals surface area contributed by atoms with Crippen LogP contribution in [0.3, 0.4) is 0 Å². The quantitative estimate of drug-likeness (QED) is 0.438. The molecule has 0 unspecified atom stereocenters. The Hall–Kier alpha value is -3.36. The summed E-state index contributed by atoms with van der Waals surface area (Å²) in [6.45, 7) is 1.41. The lowest BCUT2D eigenvalue weighted by Crippen LogP contribution is -2.55. The Morgan fingerprint density at radius 3 is 2.53 bits per heavy atom. The molecule has 9 heteroatoms. The van der Waals surface area contributed by atoms with E-state index in [1.165, 1.54) is 29.4 Å². The van der Waals surface area contributed by atoms with Gasteiger partial charge in [0.15, 0.2) is 11.5 Å². The van der Waals surface area contributed by atoms with Crippen LogP contribution < -0.4 is 15.0 Å². The van der Waals surface area contributed by atoms with Crippen LogP contribution in [0.4, 0.5) is 4.39 Å². The van der Waals surface area contributed by atoms with Crippen molar-refractivity contribution in [3.63, 3.8) is 0 Å². The maximum absolute atomic E-state index is 13.8. The standard InChI is InChI=1S/C25H23ClFN3O4/c1-24(27)12-25(32,13-24)14-34-21-8-7-19(10-22(21)33-2)29-15-28-30-11-17(9-20(30)23(29)31)16-3-5-18(26)6-4-16/h3-11,15,32H,12-14H2,1-2H3. The largest absolute Gasteiger partial charge is 0.493 e. The number of ether oxygens (including phenoxy) is 2. The Morgan fingerprint density at radius 2 is 1.85 bits per heavy atom. The number of methoxy groups -OCH3 is 1. The number of hydrogen-bond acceptors (Lipinski definition) is 5. The third-order valence-electron chi connectivity index (χ3n) is 6.02. The third kappa shape index (κ3) is 4.15. The fourth-order valence-electron chi connectivity index (χ4n) is 4.53. The van der Waals surface area contributed by atoms with Gasteiger partial charge in [0, 0.05) is 35.7 Å². The molecular formula is C25H23ClFN3O4. The fourth-order valence-corrected chi connectivity index (χ4v) is 4.66. The molecule has 5 rings (SSSR count). The van der Waals surface area contributed by atoms with Crippen LogP contribution in [-0.4, -0.2) is 44.3 Å². The molecule has 0 aliphatic heterocycles. The van der Waals surface area contributed by atoms with Crippen molar-refractivity contribution in [1.82, 2.24) is 14.2 Å². The normalized spacial score (nSPS) is 21.9. The molecule has 0 bridgehead atoms. The Kier molecular flexibility index (Phi) is 5.37. The lowest BCUT2D eigenvalue weighted by Gasteiger charge is -2.45. The number of halogens is 2. The van der Waals surface area contributed by atoms with E-state index < -0.39 is 11.3 Å². The zero-order valence-corrected chi connectivity index (χ0v) is 19.4. The summed E-state index contributed by atoms with van der Waals surface area (Å²) >= 11 is 5.97. The van der Waals surface area contributed by atoms with Crippen LogP contribution in [0.1, 0.15) is 19.8 Å². The summed E-state index contributed by atoms with van der Waals surface area (Å²) in [5, 5.41) is 15.4. The van der Waals surface area contributed by atoms with Crippen molar-refractivity contribution in [2.45, 2.75) is 31.0 Å². The first kappa shape index (κ1) is 22.4. The summed E-state index contributed by atoms with van der Waals surface area (Å²) in [5.74, 6) is 0.773. The first-order valence-electron chi connectivity index (χ1n) is 10.7. The van der Waals surface area contributed by atoms with Gasteiger partial charge >= 0.3 is 0 Å². The van der Waals surface area contributed by atoms with Gasteiger partial charge in [-0.1, -0.05) is 23.7 Å². The molecule has 1 fully saturated rings. The Balaban J connectivity index is 1.43. The summed E-state index contributed by atoms with van der Waals surface area (Å²) in [4.78, 5) is 13.2. The summed E-state index contributed by atoms with van der Waals surface area (Å²) in [6, 6.07) is 14.1. The molecule has 1 saturated carbocycles. The predicted octanol–water partition coefficient (Wildman–Crippen LogP) is 4.45. The van der Waals surface area contributed by atoms with E-state index in [1.807, 2.05) is 12.1 Å². The molecule has 2 aromatic heterocycles. The van der Waals surface area contributed by atoms with Gasteiger partial charge in [-0.3, -0.25) is 9.36 Å². The van der Waals surface area contributed by atoms with Gasteiger partial charge in [0.05, 0.1) is 12.8 Å². The molecule has 2 heterocycles. The summed E-state index contributed by atoms with van der Waals surface area (Å²) in [5.41, 5.74) is -0.104. The molecular weight excluding hydrogens is 461 g/mol. The predicted molar refractivity (Wildman–Crippen MR) is 127 cm³/mol. The van der Waals surface area contributed by atoms with Crippen LogP contribution in [-0.2, 0) is 0 Å². The number of benzene rings is 2. The first-order valence-corrected chi connectivity index (χ1v) is 11.1. The van der Waals surface area contributed by atoms with Gasteiger partial charge in [-0.15, -0.1) is 0 Å². The number of fused-ring (bicyclic) bond motifs is 1. The lowest BCUT2D eigenvalue weighted by atomic mass is 9.70. The second kappa shape index (κ2) is 8.14. The SMILES string of the molecule is COc1cc(-n2cnn3cc(-c4ccc(Cl)cc4)cc3c2=O)ccc1OCC1(O)CC(C)(F)C1. The molecule has 0 amide bonds. The number of aliphatic hydroxyl groups is 1. The molecule has 0 spiro atoms. The highest BCUT2D eigenvalue weighted by atomic mass is 35.5. The monoisotopic (exact) mass is 483 g/mol. The first-order chi connectivity index (χ1) is 16.2. The Morgan fingerprint density at radius 1 is 1.12 bits per heavy atom. The van der Waals surface area contributed by atoms with Crippen LogP contribution >= 0.6 is 11.6 Å². The second-order valence-corrected chi connectivity index (χ2v) is 9.42. The van der Waals surface area contributed by atoms with E-state index in [0.29, 0.717) is 27.7 Å². The fraction of sp³-hybridized carbons (Fsp3) is 0.280. The van der Waals surface area contributed by atoms with Crippen LogP contribution in [0, 0.1) is 0 Å². The highest BCUT2D eigenvalue weighted by Gasteiger charge is 2.52. The smallest absolute Gasteiger partial charge is 0.282 e. The van der Waals surface area contributed by atoms with E-state index in [2.05, 4.69) is 5.10 Å². The zero-order chi connectivity index (χ0) is 24.1. The Labute approximate surface area is 199 Å². The minimum atomic E-state index is -1.37. The van der Waals surface area contributed by atoms with Gasteiger partial charge in [-0.25, -0.2) is 8.91 Å². The van der Waals surface area contributed by atoms with Crippen molar-refractivity contribution < 1.29 is 19.0 Å². The maximum atomic E-state index is 13.8. The molecule has 4 aromatic rings. The minimum Gasteiger partial charge on any atom is -0.493 e. The van der Waals surface area contributed by atoms with Crippen LogP contribution in [0.2, 0.25) is 5.02 Å².